The minimum atomic E-state index is 0.408. The maximum atomic E-state index is 4.38. The zero-order valence-corrected chi connectivity index (χ0v) is 9.03. The van der Waals surface area contributed by atoms with E-state index in [1.165, 1.54) is 24.8 Å². The molecule has 0 aromatic carbocycles. The lowest BCUT2D eigenvalue weighted by molar-refractivity contribution is 0.266. The molecule has 0 saturated heterocycles. The summed E-state index contributed by atoms with van der Waals surface area (Å²) in [5.41, 5.74) is 1.28. The van der Waals surface area contributed by atoms with Gasteiger partial charge in [0.1, 0.15) is 0 Å². The summed E-state index contributed by atoms with van der Waals surface area (Å²) in [5, 5.41) is 7.61. The third-order valence-electron chi connectivity index (χ3n) is 3.26. The molecule has 0 spiro atoms. The summed E-state index contributed by atoms with van der Waals surface area (Å²) in [5.74, 6) is 0.882. The molecule has 1 aromatic heterocycles. The Morgan fingerprint density at radius 3 is 3.00 bits per heavy atom. The molecule has 0 amide bonds. The van der Waals surface area contributed by atoms with Gasteiger partial charge >= 0.3 is 0 Å². The first kappa shape index (κ1) is 9.71. The number of hydrogen-bond donors (Lipinski definition) is 1. The summed E-state index contributed by atoms with van der Waals surface area (Å²) in [4.78, 5) is 0. The van der Waals surface area contributed by atoms with Crippen LogP contribution in [0, 0.1) is 5.92 Å². The maximum absolute atomic E-state index is 4.38. The number of nitrogens with one attached hydrogen (secondary N) is 1. The SMILES string of the molecule is CNC(C)c1cnn(CC2CCC2)c1. The Morgan fingerprint density at radius 1 is 1.64 bits per heavy atom. The molecule has 1 saturated carbocycles. The van der Waals surface area contributed by atoms with Crippen LogP contribution in [-0.2, 0) is 6.54 Å². The van der Waals surface area contributed by atoms with Crippen molar-refractivity contribution in [3.05, 3.63) is 18.0 Å². The summed E-state index contributed by atoms with van der Waals surface area (Å²) in [6.45, 7) is 3.27. The largest absolute Gasteiger partial charge is 0.313 e. The highest BCUT2D eigenvalue weighted by Crippen LogP contribution is 2.27. The van der Waals surface area contributed by atoms with Crippen LogP contribution >= 0.6 is 0 Å². The van der Waals surface area contributed by atoms with Gasteiger partial charge in [0.15, 0.2) is 0 Å². The Labute approximate surface area is 85.5 Å². The lowest BCUT2D eigenvalue weighted by Crippen LogP contribution is -2.18. The molecular formula is C11H19N3. The fourth-order valence-corrected chi connectivity index (χ4v) is 1.81. The lowest BCUT2D eigenvalue weighted by atomic mass is 9.85. The first-order valence-corrected chi connectivity index (χ1v) is 5.49. The zero-order valence-electron chi connectivity index (χ0n) is 9.03. The van der Waals surface area contributed by atoms with Gasteiger partial charge in [-0.2, -0.15) is 5.10 Å². The Balaban J connectivity index is 1.94. The molecule has 2 rings (SSSR count). The van der Waals surface area contributed by atoms with Crippen molar-refractivity contribution in [2.45, 2.75) is 38.8 Å². The second kappa shape index (κ2) is 4.13. The molecular weight excluding hydrogens is 174 g/mol. The normalized spacial score (nSPS) is 19.3. The molecule has 3 heteroatoms. The van der Waals surface area contributed by atoms with Crippen molar-refractivity contribution in [1.82, 2.24) is 15.1 Å². The van der Waals surface area contributed by atoms with E-state index in [9.17, 15) is 0 Å². The molecule has 1 aliphatic carbocycles. The Hall–Kier alpha value is -0.830. The predicted octanol–water partition coefficient (Wildman–Crippen LogP) is 1.96. The molecule has 0 radical (unpaired) electrons. The van der Waals surface area contributed by atoms with E-state index in [2.05, 4.69) is 28.2 Å². The molecule has 1 aromatic rings. The van der Waals surface area contributed by atoms with Crippen molar-refractivity contribution in [2.24, 2.45) is 5.92 Å². The van der Waals surface area contributed by atoms with Crippen LogP contribution < -0.4 is 5.32 Å². The van der Waals surface area contributed by atoms with Crippen LogP contribution in [0.2, 0.25) is 0 Å². The monoisotopic (exact) mass is 193 g/mol. The fraction of sp³-hybridized carbons (Fsp3) is 0.727. The number of nitrogens with zero attached hydrogens (tertiary/aromatic N) is 2. The van der Waals surface area contributed by atoms with E-state index >= 15 is 0 Å². The quantitative estimate of drug-likeness (QED) is 0.792. The standard InChI is InChI=1S/C11H19N3/c1-9(12-2)11-6-13-14(8-11)7-10-4-3-5-10/h6,8-10,12H,3-5,7H2,1-2H3. The number of aromatic nitrogens is 2. The van der Waals surface area contributed by atoms with Crippen molar-refractivity contribution in [2.75, 3.05) is 7.05 Å². The number of hydrogen-bond acceptors (Lipinski definition) is 2. The van der Waals surface area contributed by atoms with Crippen molar-refractivity contribution in [1.29, 1.82) is 0 Å². The van der Waals surface area contributed by atoms with Crippen LogP contribution in [0.5, 0.6) is 0 Å². The molecule has 3 nitrogen and oxygen atoms in total. The first-order chi connectivity index (χ1) is 6.79. The van der Waals surface area contributed by atoms with Crippen molar-refractivity contribution < 1.29 is 0 Å². The average Bonchev–Trinajstić information content (AvgIpc) is 2.58. The fourth-order valence-electron chi connectivity index (χ4n) is 1.81. The molecule has 1 aliphatic rings. The summed E-state index contributed by atoms with van der Waals surface area (Å²) < 4.78 is 2.09. The third kappa shape index (κ3) is 1.98. The number of rotatable bonds is 4. The van der Waals surface area contributed by atoms with Crippen LogP contribution in [0.25, 0.3) is 0 Å². The summed E-state index contributed by atoms with van der Waals surface area (Å²) >= 11 is 0. The van der Waals surface area contributed by atoms with Crippen LogP contribution in [-0.4, -0.2) is 16.8 Å². The average molecular weight is 193 g/mol. The van der Waals surface area contributed by atoms with Crippen LogP contribution in [0.4, 0.5) is 0 Å². The summed E-state index contributed by atoms with van der Waals surface area (Å²) in [7, 11) is 1.98. The first-order valence-electron chi connectivity index (χ1n) is 5.49. The van der Waals surface area contributed by atoms with Gasteiger partial charge in [-0.1, -0.05) is 6.42 Å². The molecule has 0 aliphatic heterocycles. The molecule has 1 unspecified atom stereocenters. The van der Waals surface area contributed by atoms with Gasteiger partial charge in [0.05, 0.1) is 6.20 Å². The second-order valence-electron chi connectivity index (χ2n) is 4.30. The van der Waals surface area contributed by atoms with Crippen molar-refractivity contribution in [3.63, 3.8) is 0 Å². The highest BCUT2D eigenvalue weighted by molar-refractivity contribution is 5.08. The maximum Gasteiger partial charge on any atom is 0.0537 e. The molecule has 0 bridgehead atoms. The van der Waals surface area contributed by atoms with E-state index in [0.29, 0.717) is 6.04 Å². The van der Waals surface area contributed by atoms with Gasteiger partial charge in [0.2, 0.25) is 0 Å². The van der Waals surface area contributed by atoms with Crippen LogP contribution in [0.1, 0.15) is 37.8 Å². The van der Waals surface area contributed by atoms with Gasteiger partial charge in [-0.25, -0.2) is 0 Å². The van der Waals surface area contributed by atoms with Crippen LogP contribution in [0.3, 0.4) is 0 Å². The summed E-state index contributed by atoms with van der Waals surface area (Å²) in [6.07, 6.45) is 8.32. The topological polar surface area (TPSA) is 29.9 Å². The molecule has 1 atom stereocenters. The van der Waals surface area contributed by atoms with Gasteiger partial charge in [0, 0.05) is 24.3 Å². The minimum absolute atomic E-state index is 0.408. The lowest BCUT2D eigenvalue weighted by Gasteiger charge is -2.24. The molecule has 14 heavy (non-hydrogen) atoms. The van der Waals surface area contributed by atoms with E-state index in [4.69, 9.17) is 0 Å². The smallest absolute Gasteiger partial charge is 0.0537 e. The van der Waals surface area contributed by atoms with Gasteiger partial charge < -0.3 is 5.32 Å². The van der Waals surface area contributed by atoms with Crippen LogP contribution in [0.15, 0.2) is 12.4 Å². The summed E-state index contributed by atoms with van der Waals surface area (Å²) in [6, 6.07) is 0.408. The Kier molecular flexibility index (Phi) is 2.87. The van der Waals surface area contributed by atoms with Crippen molar-refractivity contribution in [3.8, 4) is 0 Å². The molecule has 1 N–H and O–H groups in total. The highest BCUT2D eigenvalue weighted by Gasteiger charge is 2.18. The van der Waals surface area contributed by atoms with E-state index in [-0.39, 0.29) is 0 Å². The molecule has 1 heterocycles. The Bertz CT molecular complexity index is 288. The molecule has 1 fully saturated rings. The van der Waals surface area contributed by atoms with E-state index in [1.807, 2.05) is 13.2 Å². The van der Waals surface area contributed by atoms with E-state index < -0.39 is 0 Å². The predicted molar refractivity (Wildman–Crippen MR) is 57.0 cm³/mol. The van der Waals surface area contributed by atoms with E-state index in [1.54, 1.807) is 0 Å². The van der Waals surface area contributed by atoms with Crippen molar-refractivity contribution >= 4 is 0 Å². The van der Waals surface area contributed by atoms with E-state index in [0.717, 1.165) is 12.5 Å². The van der Waals surface area contributed by atoms with Gasteiger partial charge in [-0.3, -0.25) is 4.68 Å². The highest BCUT2D eigenvalue weighted by atomic mass is 15.3. The minimum Gasteiger partial charge on any atom is -0.313 e. The van der Waals surface area contributed by atoms with Gasteiger partial charge in [-0.05, 0) is 32.7 Å². The van der Waals surface area contributed by atoms with Gasteiger partial charge in [-0.15, -0.1) is 0 Å². The second-order valence-corrected chi connectivity index (χ2v) is 4.30. The third-order valence-corrected chi connectivity index (χ3v) is 3.26. The zero-order chi connectivity index (χ0) is 9.97. The Morgan fingerprint density at radius 2 is 2.43 bits per heavy atom. The van der Waals surface area contributed by atoms with Gasteiger partial charge in [0.25, 0.3) is 0 Å². The molecule has 78 valence electrons.